The van der Waals surface area contributed by atoms with Crippen LogP contribution in [0.3, 0.4) is 0 Å². The van der Waals surface area contributed by atoms with Crippen molar-refractivity contribution in [3.63, 3.8) is 0 Å². The lowest BCUT2D eigenvalue weighted by Gasteiger charge is -2.38. The topological polar surface area (TPSA) is 207 Å². The van der Waals surface area contributed by atoms with Crippen LogP contribution < -0.4 is 26.5 Å². The average molecular weight is 957 g/mol. The molecule has 1 aromatic carbocycles. The Kier molecular flexibility index (Phi) is 14.7. The zero-order valence-electron chi connectivity index (χ0n) is 34.0. The van der Waals surface area contributed by atoms with E-state index in [1.54, 1.807) is 78.0 Å². The fourth-order valence-corrected chi connectivity index (χ4v) is 8.79. The van der Waals surface area contributed by atoms with E-state index in [0.29, 0.717) is 97.2 Å². The standard InChI is InChI=1S/C41H52Br2N10O7/c1-41(2,3)60-40(59)46-13-5-4-7-32(37(56)51-21-19-50(20-22-51)27-9-15-44-16-10-27)47-36(55)33(25-26-23-29(42)34(54)30(43)24-26)49-38(57)52-17-11-28(12-18-52)53-35-31(48-39(53)58)8-6-14-45-35/h6,8-10,14-16,23-24,28,32-33,54H,4-5,7,11-13,17-22,25H2,1-3H3,(H,46,59)(H,47,55)(H,48,58)(H,49,57)/t32-,33+/m0/s1. The molecule has 19 heteroatoms. The predicted molar refractivity (Wildman–Crippen MR) is 233 cm³/mol. The number of amides is 5. The van der Waals surface area contributed by atoms with Crippen molar-refractivity contribution in [3.8, 4) is 5.75 Å². The lowest BCUT2D eigenvalue weighted by atomic mass is 10.0. The van der Waals surface area contributed by atoms with Gasteiger partial charge in [0.25, 0.3) is 0 Å². The van der Waals surface area contributed by atoms with Crippen LogP contribution in [0.25, 0.3) is 11.2 Å². The second-order valence-electron chi connectivity index (χ2n) is 16.0. The molecule has 4 aromatic rings. The molecule has 2 aliphatic rings. The van der Waals surface area contributed by atoms with Crippen molar-refractivity contribution in [2.24, 2.45) is 0 Å². The smallest absolute Gasteiger partial charge is 0.407 e. The molecule has 322 valence electrons. The summed E-state index contributed by atoms with van der Waals surface area (Å²) in [7, 11) is 0. The van der Waals surface area contributed by atoms with Crippen LogP contribution in [0, 0.1) is 0 Å². The van der Waals surface area contributed by atoms with Crippen molar-refractivity contribution in [3.05, 3.63) is 80.0 Å². The molecule has 5 amide bonds. The van der Waals surface area contributed by atoms with Gasteiger partial charge in [-0.25, -0.2) is 19.4 Å². The molecule has 3 aromatic heterocycles. The number of hydrogen-bond acceptors (Lipinski definition) is 10. The molecule has 0 spiro atoms. The highest BCUT2D eigenvalue weighted by Gasteiger charge is 2.33. The Morgan fingerprint density at radius 3 is 2.27 bits per heavy atom. The fourth-order valence-electron chi connectivity index (χ4n) is 7.51. The van der Waals surface area contributed by atoms with Crippen LogP contribution in [0.1, 0.15) is 64.5 Å². The van der Waals surface area contributed by atoms with Crippen molar-refractivity contribution in [2.75, 3.05) is 50.7 Å². The molecule has 17 nitrogen and oxygen atoms in total. The number of piperidine rings is 1. The first-order valence-electron chi connectivity index (χ1n) is 20.2. The average Bonchev–Trinajstić information content (AvgIpc) is 3.56. The molecular formula is C41H52Br2N10O7. The Morgan fingerprint density at radius 2 is 1.60 bits per heavy atom. The number of benzene rings is 1. The number of nitrogens with zero attached hydrogens (tertiary/aromatic N) is 6. The van der Waals surface area contributed by atoms with E-state index in [0.717, 1.165) is 5.69 Å². The van der Waals surface area contributed by atoms with Gasteiger partial charge in [0.1, 0.15) is 23.4 Å². The summed E-state index contributed by atoms with van der Waals surface area (Å²) in [5.41, 5.74) is 1.96. The molecule has 2 atom stereocenters. The second kappa shape index (κ2) is 19.9. The number of aromatic nitrogens is 4. The van der Waals surface area contributed by atoms with Gasteiger partial charge in [0.2, 0.25) is 11.8 Å². The number of pyridine rings is 2. The molecule has 2 saturated heterocycles. The van der Waals surface area contributed by atoms with E-state index in [-0.39, 0.29) is 36.2 Å². The van der Waals surface area contributed by atoms with Crippen LogP contribution in [0.4, 0.5) is 15.3 Å². The number of phenols is 1. The zero-order valence-corrected chi connectivity index (χ0v) is 37.1. The number of phenolic OH excluding ortho intramolecular Hbond substituents is 1. The minimum Gasteiger partial charge on any atom is -0.506 e. The van der Waals surface area contributed by atoms with Gasteiger partial charge in [-0.1, -0.05) is 0 Å². The van der Waals surface area contributed by atoms with Gasteiger partial charge in [0.05, 0.1) is 14.5 Å². The van der Waals surface area contributed by atoms with E-state index in [1.807, 2.05) is 12.1 Å². The Hall–Kier alpha value is -5.17. The number of carbonyl (C=O) groups excluding carboxylic acids is 4. The number of anilines is 1. The molecule has 5 N–H and O–H groups in total. The van der Waals surface area contributed by atoms with Crippen molar-refractivity contribution in [1.29, 1.82) is 0 Å². The summed E-state index contributed by atoms with van der Waals surface area (Å²) in [4.78, 5) is 84.5. The summed E-state index contributed by atoms with van der Waals surface area (Å²) < 4.78 is 7.79. The first-order chi connectivity index (χ1) is 28.7. The molecule has 0 bridgehead atoms. The highest BCUT2D eigenvalue weighted by atomic mass is 79.9. The van der Waals surface area contributed by atoms with Crippen molar-refractivity contribution >= 4 is 72.6 Å². The first-order valence-corrected chi connectivity index (χ1v) is 21.7. The molecule has 6 rings (SSSR count). The summed E-state index contributed by atoms with van der Waals surface area (Å²) in [6.07, 6.45) is 6.93. The molecule has 0 unspecified atom stereocenters. The van der Waals surface area contributed by atoms with Gasteiger partial charge in [0.15, 0.2) is 5.65 Å². The van der Waals surface area contributed by atoms with Crippen LogP contribution in [-0.4, -0.2) is 122 Å². The van der Waals surface area contributed by atoms with E-state index >= 15 is 0 Å². The Labute approximate surface area is 364 Å². The third kappa shape index (κ3) is 11.6. The van der Waals surface area contributed by atoms with E-state index in [9.17, 15) is 29.1 Å². The highest BCUT2D eigenvalue weighted by Crippen LogP contribution is 2.34. The van der Waals surface area contributed by atoms with Crippen LogP contribution in [0.15, 0.2) is 68.7 Å². The highest BCUT2D eigenvalue weighted by molar-refractivity contribution is 9.11. The molecule has 2 aliphatic heterocycles. The third-order valence-electron chi connectivity index (χ3n) is 10.5. The predicted octanol–water partition coefficient (Wildman–Crippen LogP) is 4.84. The number of imidazole rings is 1. The van der Waals surface area contributed by atoms with Crippen LogP contribution in [0.2, 0.25) is 0 Å². The van der Waals surface area contributed by atoms with Crippen LogP contribution in [-0.2, 0) is 20.7 Å². The lowest BCUT2D eigenvalue weighted by molar-refractivity contribution is -0.137. The number of urea groups is 1. The van der Waals surface area contributed by atoms with E-state index < -0.39 is 35.7 Å². The Bertz CT molecular complexity index is 2170. The summed E-state index contributed by atoms with van der Waals surface area (Å²) in [6, 6.07) is 8.11. The maximum atomic E-state index is 14.4. The van der Waals surface area contributed by atoms with Gasteiger partial charge in [-0.05, 0) is 127 Å². The van der Waals surface area contributed by atoms with Crippen LogP contribution >= 0.6 is 31.9 Å². The fraction of sp³-hybridized carbons (Fsp3) is 0.488. The number of aromatic hydroxyl groups is 1. The van der Waals surface area contributed by atoms with Gasteiger partial charge in [-0.15, -0.1) is 0 Å². The number of unbranched alkanes of at least 4 members (excludes halogenated alkanes) is 1. The number of carbonyl (C=O) groups is 4. The number of halogens is 2. The summed E-state index contributed by atoms with van der Waals surface area (Å²) in [5.74, 6) is -0.787. The van der Waals surface area contributed by atoms with E-state index in [4.69, 9.17) is 4.74 Å². The first kappa shape index (κ1) is 44.4. The number of aromatic amines is 1. The zero-order chi connectivity index (χ0) is 43.0. The normalized spacial score (nSPS) is 16.0. The van der Waals surface area contributed by atoms with Crippen molar-refractivity contribution < 1.29 is 29.0 Å². The number of likely N-dealkylation sites (tertiary alicyclic amines) is 1. The number of alkyl carbamates (subject to hydrolysis) is 1. The van der Waals surface area contributed by atoms with Crippen molar-refractivity contribution in [1.82, 2.24) is 45.3 Å². The number of rotatable bonds is 13. The van der Waals surface area contributed by atoms with Crippen molar-refractivity contribution in [2.45, 2.75) is 83.0 Å². The molecule has 0 radical (unpaired) electrons. The Morgan fingerprint density at radius 1 is 0.917 bits per heavy atom. The summed E-state index contributed by atoms with van der Waals surface area (Å²) in [5, 5.41) is 19.1. The Balaban J connectivity index is 1.15. The molecule has 5 heterocycles. The minimum atomic E-state index is -1.10. The SMILES string of the molecule is CC(C)(C)OC(=O)NCCCC[C@H](NC(=O)[C@@H](Cc1cc(Br)c(O)c(Br)c1)NC(=O)N1CCC(n2c(=O)[nH]c3cccnc32)CC1)C(=O)N1CCN(c2ccncc2)CC1. The molecule has 2 fully saturated rings. The van der Waals surface area contributed by atoms with Gasteiger partial charge < -0.3 is 45.5 Å². The van der Waals surface area contributed by atoms with E-state index in [2.05, 4.69) is 67.7 Å². The van der Waals surface area contributed by atoms with Crippen LogP contribution in [0.5, 0.6) is 5.75 Å². The molecule has 60 heavy (non-hydrogen) atoms. The number of hydrogen-bond donors (Lipinski definition) is 5. The number of nitrogens with one attached hydrogen (secondary N) is 4. The maximum Gasteiger partial charge on any atom is 0.407 e. The quantitative estimate of drug-likeness (QED) is 0.115. The minimum absolute atomic E-state index is 0.00740. The number of H-pyrrole nitrogens is 1. The van der Waals surface area contributed by atoms with Gasteiger partial charge >= 0.3 is 17.8 Å². The maximum absolute atomic E-state index is 14.4. The second-order valence-corrected chi connectivity index (χ2v) is 17.7. The molecule has 0 saturated carbocycles. The third-order valence-corrected chi connectivity index (χ3v) is 11.8. The largest absolute Gasteiger partial charge is 0.506 e. The number of ether oxygens (including phenoxy) is 1. The molecule has 0 aliphatic carbocycles. The van der Waals surface area contributed by atoms with Gasteiger partial charge in [0, 0.05) is 82.6 Å². The monoisotopic (exact) mass is 954 g/mol. The summed E-state index contributed by atoms with van der Waals surface area (Å²) >= 11 is 6.74. The number of piperazine rings is 1. The van der Waals surface area contributed by atoms with Gasteiger partial charge in [-0.2, -0.15) is 0 Å². The molecular weight excluding hydrogens is 904 g/mol. The van der Waals surface area contributed by atoms with E-state index in [1.165, 1.54) is 0 Å². The summed E-state index contributed by atoms with van der Waals surface area (Å²) in [6.45, 7) is 8.42. The lowest BCUT2D eigenvalue weighted by Crippen LogP contribution is -2.59. The van der Waals surface area contributed by atoms with Gasteiger partial charge in [-0.3, -0.25) is 19.1 Å². The number of fused-ring (bicyclic) bond motifs is 1.